The first-order valence-electron chi connectivity index (χ1n) is 13.8. The van der Waals surface area contributed by atoms with Crippen LogP contribution < -0.4 is 5.32 Å². The zero-order valence-electron chi connectivity index (χ0n) is 25.5. The highest BCUT2D eigenvalue weighted by atomic mass is 16.4. The maximum absolute atomic E-state index is 12.9. The molecular weight excluding hydrogens is 290 g/mol. The molecule has 1 amide bonds. The zero-order valence-corrected chi connectivity index (χ0v) is 12.5. The third-order valence-corrected chi connectivity index (χ3v) is 3.94. The largest absolute Gasteiger partial charge is 0.480 e. The van der Waals surface area contributed by atoms with Gasteiger partial charge in [0.25, 0.3) is 0 Å². The Bertz CT molecular complexity index is 988. The summed E-state index contributed by atoms with van der Waals surface area (Å²) in [5.41, 5.74) is -0.461. The number of hydrogen-bond acceptors (Lipinski definition) is 2. The molecule has 1 aromatic carbocycles. The highest BCUT2D eigenvalue weighted by molar-refractivity contribution is 5.85. The normalized spacial score (nSPS) is 33.7. The monoisotopic (exact) mass is 330 g/mol. The Morgan fingerprint density at radius 3 is 2.52 bits per heavy atom. The minimum Gasteiger partial charge on any atom is -0.480 e. The van der Waals surface area contributed by atoms with Gasteiger partial charge in [0, 0.05) is 21.9 Å². The number of aliphatic carboxylic acids is 1. The molecule has 1 aliphatic rings. The van der Waals surface area contributed by atoms with Crippen LogP contribution in [-0.4, -0.2) is 23.0 Å². The summed E-state index contributed by atoms with van der Waals surface area (Å²) in [4.78, 5) is 24.8. The standard InChI is InChI=1S/C19H27NO3/c1-13(2)15-8-10-16(11-9-15)18(21)20-17(19(22)23)12-14-6-4-3-5-7-14/h3-7,13,15-17H,8-12H2,1-2H3,(H,20,21)(H,22,23)/t15?,16?,17-/m0/s1/i1D3,2D3,3D,4D,5D,6D,7D,13D,17D. The van der Waals surface area contributed by atoms with E-state index in [2.05, 4.69) is 5.32 Å². The second-order valence-corrected chi connectivity index (χ2v) is 5.52. The number of nitrogens with one attached hydrogen (secondary N) is 1. The van der Waals surface area contributed by atoms with Gasteiger partial charge in [0.15, 0.2) is 0 Å². The quantitative estimate of drug-likeness (QED) is 0.841. The molecule has 0 unspecified atom stereocenters. The molecular formula is C19H27NO3. The molecule has 126 valence electrons. The molecule has 2 rings (SSSR count). The number of hydrogen-bond donors (Lipinski definition) is 2. The van der Waals surface area contributed by atoms with E-state index in [-0.39, 0.29) is 25.7 Å². The smallest absolute Gasteiger partial charge is 0.326 e. The molecule has 4 heteroatoms. The van der Waals surface area contributed by atoms with E-state index in [4.69, 9.17) is 17.8 Å². The van der Waals surface area contributed by atoms with E-state index < -0.39 is 91.5 Å². The summed E-state index contributed by atoms with van der Waals surface area (Å²) in [5, 5.41) is 11.7. The van der Waals surface area contributed by atoms with Gasteiger partial charge in [-0.25, -0.2) is 4.79 Å². The first kappa shape index (κ1) is 6.96. The summed E-state index contributed by atoms with van der Waals surface area (Å²) < 4.78 is 101. The number of amides is 1. The van der Waals surface area contributed by atoms with Crippen molar-refractivity contribution < 1.29 is 32.5 Å². The van der Waals surface area contributed by atoms with Gasteiger partial charge in [0.1, 0.15) is 6.02 Å². The third kappa shape index (κ3) is 5.08. The fraction of sp³-hybridized carbons (Fsp3) is 0.579. The van der Waals surface area contributed by atoms with Crippen LogP contribution in [0.25, 0.3) is 0 Å². The maximum atomic E-state index is 12.9. The Morgan fingerprint density at radius 2 is 1.96 bits per heavy atom. The summed E-state index contributed by atoms with van der Waals surface area (Å²) >= 11 is 0. The van der Waals surface area contributed by atoms with Crippen LogP contribution in [0, 0.1) is 17.7 Å². The van der Waals surface area contributed by atoms with Crippen molar-refractivity contribution in [1.82, 2.24) is 5.32 Å². The molecule has 1 aliphatic carbocycles. The van der Waals surface area contributed by atoms with Gasteiger partial charge in [-0.15, -0.1) is 0 Å². The minimum absolute atomic E-state index is 0.0480. The second-order valence-electron chi connectivity index (χ2n) is 5.52. The molecule has 4 nitrogen and oxygen atoms in total. The Morgan fingerprint density at radius 1 is 1.30 bits per heavy atom. The van der Waals surface area contributed by atoms with Crippen LogP contribution >= 0.6 is 0 Å². The molecule has 0 aromatic heterocycles. The van der Waals surface area contributed by atoms with Crippen molar-refractivity contribution in [3.05, 3.63) is 35.8 Å². The lowest BCUT2D eigenvalue weighted by Gasteiger charge is -2.30. The van der Waals surface area contributed by atoms with Crippen LogP contribution in [0.1, 0.15) is 62.8 Å². The molecule has 1 fully saturated rings. The molecule has 0 bridgehead atoms. The predicted molar refractivity (Wildman–Crippen MR) is 90.0 cm³/mol. The van der Waals surface area contributed by atoms with Crippen molar-refractivity contribution in [2.75, 3.05) is 0 Å². The lowest BCUT2D eigenvalue weighted by atomic mass is 9.76. The summed E-state index contributed by atoms with van der Waals surface area (Å²) in [6.45, 7) is -6.22. The number of carboxylic acid groups (broad SMARTS) is 1. The summed E-state index contributed by atoms with van der Waals surface area (Å²) in [5.74, 6) is -7.44. The minimum atomic E-state index is -3.11. The average Bonchev–Trinajstić information content (AvgIpc) is 2.77. The molecule has 0 heterocycles. The van der Waals surface area contributed by atoms with Gasteiger partial charge in [-0.3, -0.25) is 4.79 Å². The van der Waals surface area contributed by atoms with Crippen molar-refractivity contribution in [1.29, 1.82) is 0 Å². The summed E-state index contributed by atoms with van der Waals surface area (Å²) in [6, 6.07) is -6.31. The van der Waals surface area contributed by atoms with Crippen molar-refractivity contribution in [3.8, 4) is 0 Å². The van der Waals surface area contributed by atoms with Gasteiger partial charge in [0.2, 0.25) is 5.91 Å². The first-order chi connectivity index (χ1) is 16.2. The van der Waals surface area contributed by atoms with Gasteiger partial charge in [0.05, 0.1) is 8.22 Å². The van der Waals surface area contributed by atoms with Crippen molar-refractivity contribution >= 4 is 11.9 Å². The molecule has 1 saturated carbocycles. The second kappa shape index (κ2) is 8.14. The number of rotatable bonds is 6. The topological polar surface area (TPSA) is 66.4 Å². The lowest BCUT2D eigenvalue weighted by Crippen LogP contribution is -2.45. The van der Waals surface area contributed by atoms with Crippen LogP contribution in [0.3, 0.4) is 0 Å². The maximum Gasteiger partial charge on any atom is 0.326 e. The van der Waals surface area contributed by atoms with Gasteiger partial charge in [-0.1, -0.05) is 43.9 Å². The van der Waals surface area contributed by atoms with E-state index in [0.29, 0.717) is 0 Å². The molecule has 0 saturated heterocycles. The van der Waals surface area contributed by atoms with Gasteiger partial charge >= 0.3 is 5.97 Å². The Hall–Kier alpha value is -1.84. The van der Waals surface area contributed by atoms with Crippen LogP contribution in [-0.2, 0) is 16.0 Å². The molecule has 0 spiro atoms. The van der Waals surface area contributed by atoms with E-state index in [1.54, 1.807) is 0 Å². The third-order valence-electron chi connectivity index (χ3n) is 3.94. The Labute approximate surface area is 156 Å². The van der Waals surface area contributed by atoms with Crippen LogP contribution in [0.15, 0.2) is 30.2 Å². The van der Waals surface area contributed by atoms with Gasteiger partial charge in [-0.2, -0.15) is 0 Å². The van der Waals surface area contributed by atoms with Crippen molar-refractivity contribution in [2.24, 2.45) is 17.7 Å². The first-order valence-corrected chi connectivity index (χ1v) is 7.30. The number of carboxylic acids is 1. The van der Waals surface area contributed by atoms with Gasteiger partial charge in [-0.05, 0) is 43.1 Å². The Balaban J connectivity index is 2.24. The predicted octanol–water partition coefficient (Wildman–Crippen LogP) is 3.26. The zero-order chi connectivity index (χ0) is 28.0. The number of benzene rings is 1. The molecule has 2 N–H and O–H groups in total. The highest BCUT2D eigenvalue weighted by Gasteiger charge is 2.30. The van der Waals surface area contributed by atoms with E-state index in [0.717, 1.165) is 0 Å². The van der Waals surface area contributed by atoms with E-state index >= 15 is 0 Å². The van der Waals surface area contributed by atoms with E-state index in [9.17, 15) is 14.7 Å². The van der Waals surface area contributed by atoms with Crippen LogP contribution in [0.4, 0.5) is 0 Å². The van der Waals surface area contributed by atoms with Crippen LogP contribution in [0.5, 0.6) is 0 Å². The molecule has 1 atom stereocenters. The fourth-order valence-electron chi connectivity index (χ4n) is 2.61. The molecule has 1 aromatic rings. The SMILES string of the molecule is [2H]c1c([2H])c([2H])c(C[C@]([2H])(NC(=O)C2CCC(C([2H])(C([2H])([2H])[2H])C([2H])([2H])[2H])CC2)C(=O)O)c([2H])c1[2H]. The van der Waals surface area contributed by atoms with E-state index in [1.165, 1.54) is 0 Å². The molecule has 0 aliphatic heterocycles. The average molecular weight is 331 g/mol. The fourth-order valence-corrected chi connectivity index (χ4v) is 2.61. The number of carbonyl (C=O) groups is 2. The summed E-state index contributed by atoms with van der Waals surface area (Å²) in [7, 11) is 0. The van der Waals surface area contributed by atoms with Crippen molar-refractivity contribution in [3.63, 3.8) is 0 Å². The molecule has 23 heavy (non-hydrogen) atoms. The van der Waals surface area contributed by atoms with Gasteiger partial charge < -0.3 is 10.4 Å². The van der Waals surface area contributed by atoms with Crippen molar-refractivity contribution in [2.45, 2.75) is 51.8 Å². The highest BCUT2D eigenvalue weighted by Crippen LogP contribution is 2.33. The van der Waals surface area contributed by atoms with E-state index in [1.807, 2.05) is 0 Å². The number of carbonyl (C=O) groups excluding carboxylic acids is 1. The Kier molecular flexibility index (Phi) is 2.46. The van der Waals surface area contributed by atoms with Crippen LogP contribution in [0.2, 0.25) is 0 Å². The molecule has 0 radical (unpaired) electrons. The summed E-state index contributed by atoms with van der Waals surface area (Å²) in [6.07, 6.45) is -1.21. The lowest BCUT2D eigenvalue weighted by molar-refractivity contribution is -0.142.